The molecular weight excluding hydrogens is 244 g/mol. The SMILES string of the molecule is Cc1nc(N2CCOCC2CNC2CC2)cc(=O)[nH]1. The maximum Gasteiger partial charge on any atom is 0.252 e. The summed E-state index contributed by atoms with van der Waals surface area (Å²) in [6, 6.07) is 2.50. The van der Waals surface area contributed by atoms with Crippen LogP contribution in [0.5, 0.6) is 0 Å². The Balaban J connectivity index is 1.75. The Morgan fingerprint density at radius 3 is 3.16 bits per heavy atom. The van der Waals surface area contributed by atoms with Crippen LogP contribution in [-0.2, 0) is 4.74 Å². The van der Waals surface area contributed by atoms with Crippen LogP contribution in [-0.4, -0.2) is 48.4 Å². The van der Waals surface area contributed by atoms with Crippen LogP contribution >= 0.6 is 0 Å². The van der Waals surface area contributed by atoms with Crippen LogP contribution < -0.4 is 15.8 Å². The van der Waals surface area contributed by atoms with E-state index in [1.165, 1.54) is 12.8 Å². The molecule has 19 heavy (non-hydrogen) atoms. The molecule has 0 aromatic carbocycles. The van der Waals surface area contributed by atoms with Crippen molar-refractivity contribution in [1.29, 1.82) is 0 Å². The molecule has 0 bridgehead atoms. The molecule has 1 aliphatic heterocycles. The lowest BCUT2D eigenvalue weighted by atomic mass is 10.2. The number of hydrogen-bond acceptors (Lipinski definition) is 5. The van der Waals surface area contributed by atoms with Gasteiger partial charge in [-0.15, -0.1) is 0 Å². The first-order valence-corrected chi connectivity index (χ1v) is 6.88. The first-order chi connectivity index (χ1) is 9.22. The number of nitrogens with zero attached hydrogens (tertiary/aromatic N) is 2. The molecule has 6 heteroatoms. The molecule has 1 saturated carbocycles. The number of H-pyrrole nitrogens is 1. The molecular formula is C13H20N4O2. The van der Waals surface area contributed by atoms with Gasteiger partial charge in [-0.1, -0.05) is 0 Å². The van der Waals surface area contributed by atoms with Crippen LogP contribution in [0, 0.1) is 6.92 Å². The summed E-state index contributed by atoms with van der Waals surface area (Å²) in [5.41, 5.74) is -0.0945. The Bertz CT molecular complexity index is 498. The molecule has 1 atom stereocenters. The van der Waals surface area contributed by atoms with Crippen LogP contribution in [0.2, 0.25) is 0 Å². The number of nitrogens with one attached hydrogen (secondary N) is 2. The number of anilines is 1. The molecule has 2 heterocycles. The predicted octanol–water partition coefficient (Wildman–Crippen LogP) is 0.0355. The zero-order chi connectivity index (χ0) is 13.2. The average Bonchev–Trinajstić information content (AvgIpc) is 3.19. The van der Waals surface area contributed by atoms with Gasteiger partial charge in [0.15, 0.2) is 0 Å². The minimum atomic E-state index is -0.0945. The van der Waals surface area contributed by atoms with E-state index in [4.69, 9.17) is 4.74 Å². The molecule has 1 unspecified atom stereocenters. The van der Waals surface area contributed by atoms with E-state index in [1.807, 2.05) is 6.92 Å². The van der Waals surface area contributed by atoms with Crippen molar-refractivity contribution in [3.8, 4) is 0 Å². The van der Waals surface area contributed by atoms with Gasteiger partial charge in [0.1, 0.15) is 11.6 Å². The molecule has 0 radical (unpaired) electrons. The van der Waals surface area contributed by atoms with E-state index in [2.05, 4.69) is 20.2 Å². The molecule has 1 aromatic heterocycles. The highest BCUT2D eigenvalue weighted by Crippen LogP contribution is 2.20. The molecule has 2 fully saturated rings. The lowest BCUT2D eigenvalue weighted by Crippen LogP contribution is -2.51. The van der Waals surface area contributed by atoms with Gasteiger partial charge in [-0.05, 0) is 19.8 Å². The maximum atomic E-state index is 11.6. The molecule has 104 valence electrons. The van der Waals surface area contributed by atoms with Crippen LogP contribution in [0.15, 0.2) is 10.9 Å². The van der Waals surface area contributed by atoms with Crippen LogP contribution in [0.25, 0.3) is 0 Å². The lowest BCUT2D eigenvalue weighted by Gasteiger charge is -2.36. The van der Waals surface area contributed by atoms with Gasteiger partial charge in [-0.3, -0.25) is 4.79 Å². The summed E-state index contributed by atoms with van der Waals surface area (Å²) in [4.78, 5) is 20.9. The third kappa shape index (κ3) is 3.13. The highest BCUT2D eigenvalue weighted by Gasteiger charge is 2.27. The quantitative estimate of drug-likeness (QED) is 0.803. The second kappa shape index (κ2) is 5.30. The number of rotatable bonds is 4. The monoisotopic (exact) mass is 264 g/mol. The van der Waals surface area contributed by atoms with Crippen LogP contribution in [0.3, 0.4) is 0 Å². The Morgan fingerprint density at radius 2 is 2.42 bits per heavy atom. The Morgan fingerprint density at radius 1 is 1.58 bits per heavy atom. The Labute approximate surface area is 112 Å². The summed E-state index contributed by atoms with van der Waals surface area (Å²) in [7, 11) is 0. The summed E-state index contributed by atoms with van der Waals surface area (Å²) in [5, 5.41) is 3.52. The van der Waals surface area contributed by atoms with Crippen molar-refractivity contribution in [2.75, 3.05) is 31.2 Å². The predicted molar refractivity (Wildman–Crippen MR) is 72.6 cm³/mol. The van der Waals surface area contributed by atoms with E-state index in [9.17, 15) is 4.79 Å². The second-order valence-electron chi connectivity index (χ2n) is 5.29. The van der Waals surface area contributed by atoms with Crippen LogP contribution in [0.4, 0.5) is 5.82 Å². The fourth-order valence-electron chi connectivity index (χ4n) is 2.43. The summed E-state index contributed by atoms with van der Waals surface area (Å²) >= 11 is 0. The normalized spacial score (nSPS) is 23.6. The summed E-state index contributed by atoms with van der Waals surface area (Å²) in [6.07, 6.45) is 2.55. The van der Waals surface area contributed by atoms with Crippen molar-refractivity contribution in [2.45, 2.75) is 31.8 Å². The van der Waals surface area contributed by atoms with E-state index in [-0.39, 0.29) is 11.6 Å². The van der Waals surface area contributed by atoms with Gasteiger partial charge < -0.3 is 19.9 Å². The summed E-state index contributed by atoms with van der Waals surface area (Å²) < 4.78 is 5.55. The number of ether oxygens (including phenoxy) is 1. The van der Waals surface area contributed by atoms with Gasteiger partial charge in [0, 0.05) is 25.2 Å². The molecule has 1 saturated heterocycles. The van der Waals surface area contributed by atoms with Gasteiger partial charge in [-0.25, -0.2) is 4.98 Å². The second-order valence-corrected chi connectivity index (χ2v) is 5.29. The standard InChI is InChI=1S/C13H20N4O2/c1-9-15-12(6-13(18)16-9)17-4-5-19-8-11(17)7-14-10-2-3-10/h6,10-11,14H,2-5,7-8H2,1H3,(H,15,16,18). The van der Waals surface area contributed by atoms with E-state index in [0.717, 1.165) is 18.9 Å². The highest BCUT2D eigenvalue weighted by molar-refractivity contribution is 5.39. The van der Waals surface area contributed by atoms with Crippen molar-refractivity contribution in [2.24, 2.45) is 0 Å². The molecule has 3 rings (SSSR count). The minimum Gasteiger partial charge on any atom is -0.377 e. The van der Waals surface area contributed by atoms with Crippen molar-refractivity contribution in [3.05, 3.63) is 22.2 Å². The fourth-order valence-corrected chi connectivity index (χ4v) is 2.43. The highest BCUT2D eigenvalue weighted by atomic mass is 16.5. The van der Waals surface area contributed by atoms with Crippen molar-refractivity contribution in [1.82, 2.24) is 15.3 Å². The van der Waals surface area contributed by atoms with Gasteiger partial charge in [0.25, 0.3) is 5.56 Å². The summed E-state index contributed by atoms with van der Waals surface area (Å²) in [5.74, 6) is 1.41. The zero-order valence-corrected chi connectivity index (χ0v) is 11.2. The fraction of sp³-hybridized carbons (Fsp3) is 0.692. The van der Waals surface area contributed by atoms with Crippen molar-refractivity contribution >= 4 is 5.82 Å². The first-order valence-electron chi connectivity index (χ1n) is 6.88. The van der Waals surface area contributed by atoms with E-state index >= 15 is 0 Å². The lowest BCUT2D eigenvalue weighted by molar-refractivity contribution is 0.0932. The number of hydrogen-bond donors (Lipinski definition) is 2. The van der Waals surface area contributed by atoms with Crippen molar-refractivity contribution < 1.29 is 4.74 Å². The number of aromatic nitrogens is 2. The number of aromatic amines is 1. The largest absolute Gasteiger partial charge is 0.377 e. The van der Waals surface area contributed by atoms with E-state index in [1.54, 1.807) is 6.07 Å². The Kier molecular flexibility index (Phi) is 3.52. The first kappa shape index (κ1) is 12.6. The van der Waals surface area contributed by atoms with Gasteiger partial charge in [0.05, 0.1) is 19.3 Å². The molecule has 0 amide bonds. The molecule has 2 N–H and O–H groups in total. The topological polar surface area (TPSA) is 70.2 Å². The Hall–Kier alpha value is -1.40. The van der Waals surface area contributed by atoms with Gasteiger partial charge >= 0.3 is 0 Å². The van der Waals surface area contributed by atoms with Gasteiger partial charge in [0.2, 0.25) is 0 Å². The van der Waals surface area contributed by atoms with E-state index < -0.39 is 0 Å². The summed E-state index contributed by atoms with van der Waals surface area (Å²) in [6.45, 7) is 4.86. The number of morpholine rings is 1. The molecule has 6 nitrogen and oxygen atoms in total. The molecule has 0 spiro atoms. The van der Waals surface area contributed by atoms with E-state index in [0.29, 0.717) is 25.1 Å². The molecule has 2 aliphatic rings. The third-order valence-corrected chi connectivity index (χ3v) is 3.59. The number of aryl methyl sites for hydroxylation is 1. The maximum absolute atomic E-state index is 11.6. The van der Waals surface area contributed by atoms with Crippen molar-refractivity contribution in [3.63, 3.8) is 0 Å². The van der Waals surface area contributed by atoms with Gasteiger partial charge in [-0.2, -0.15) is 0 Å². The molecule has 1 aliphatic carbocycles. The smallest absolute Gasteiger partial charge is 0.252 e. The average molecular weight is 264 g/mol. The zero-order valence-electron chi connectivity index (χ0n) is 11.2. The van der Waals surface area contributed by atoms with Crippen LogP contribution in [0.1, 0.15) is 18.7 Å². The minimum absolute atomic E-state index is 0.0945. The molecule has 1 aromatic rings. The third-order valence-electron chi connectivity index (χ3n) is 3.59.